The minimum Gasteiger partial charge on any atom is -0.343 e. The molecule has 1 fully saturated rings. The van der Waals surface area contributed by atoms with Gasteiger partial charge in [0.05, 0.1) is 5.69 Å². The van der Waals surface area contributed by atoms with Gasteiger partial charge in [0.15, 0.2) is 0 Å². The molecule has 1 saturated heterocycles. The number of anilines is 1. The van der Waals surface area contributed by atoms with Crippen molar-refractivity contribution in [3.63, 3.8) is 0 Å². The van der Waals surface area contributed by atoms with Crippen LogP contribution in [0.1, 0.15) is 6.92 Å². The van der Waals surface area contributed by atoms with Crippen molar-refractivity contribution in [3.05, 3.63) is 28.5 Å². The largest absolute Gasteiger partial charge is 0.343 e. The van der Waals surface area contributed by atoms with Crippen LogP contribution in [-0.4, -0.2) is 24.4 Å². The van der Waals surface area contributed by atoms with Crippen molar-refractivity contribution in [3.8, 4) is 0 Å². The molecule has 2 rings (SSSR count). The summed E-state index contributed by atoms with van der Waals surface area (Å²) in [6.45, 7) is 1.41. The molecular formula is C11H10BrFN2O2. The molecule has 6 heteroatoms. The Bertz CT molecular complexity index is 472. The summed E-state index contributed by atoms with van der Waals surface area (Å²) < 4.78 is 14.2. The summed E-state index contributed by atoms with van der Waals surface area (Å²) in [6, 6.07) is 3.77. The SMILES string of the molecule is CC1NC(=O)CN(c2c(F)cccc2Br)C1=O. The molecule has 1 N–H and O–H groups in total. The van der Waals surface area contributed by atoms with Gasteiger partial charge in [-0.05, 0) is 35.0 Å². The average Bonchev–Trinajstić information content (AvgIpc) is 2.24. The van der Waals surface area contributed by atoms with Crippen molar-refractivity contribution in [1.82, 2.24) is 5.32 Å². The van der Waals surface area contributed by atoms with Gasteiger partial charge in [0, 0.05) is 4.47 Å². The van der Waals surface area contributed by atoms with E-state index >= 15 is 0 Å². The molecule has 0 bridgehead atoms. The van der Waals surface area contributed by atoms with Crippen LogP contribution in [0.2, 0.25) is 0 Å². The number of rotatable bonds is 1. The fourth-order valence-electron chi connectivity index (χ4n) is 1.74. The van der Waals surface area contributed by atoms with Crippen molar-refractivity contribution in [2.45, 2.75) is 13.0 Å². The molecular weight excluding hydrogens is 291 g/mol. The van der Waals surface area contributed by atoms with Gasteiger partial charge in [-0.1, -0.05) is 6.07 Å². The van der Waals surface area contributed by atoms with E-state index in [1.54, 1.807) is 13.0 Å². The normalized spacial score (nSPS) is 20.4. The summed E-state index contributed by atoms with van der Waals surface area (Å²) in [5, 5.41) is 2.50. The second-order valence-electron chi connectivity index (χ2n) is 3.78. The summed E-state index contributed by atoms with van der Waals surface area (Å²) in [4.78, 5) is 24.4. The lowest BCUT2D eigenvalue weighted by Crippen LogP contribution is -2.57. The number of amides is 2. The van der Waals surface area contributed by atoms with Crippen LogP contribution in [0, 0.1) is 5.82 Å². The lowest BCUT2D eigenvalue weighted by molar-refractivity contribution is -0.130. The highest BCUT2D eigenvalue weighted by Gasteiger charge is 2.32. The molecule has 0 radical (unpaired) electrons. The maximum absolute atomic E-state index is 13.7. The molecule has 1 atom stereocenters. The second-order valence-corrected chi connectivity index (χ2v) is 4.64. The first-order valence-corrected chi connectivity index (χ1v) is 5.84. The number of nitrogens with one attached hydrogen (secondary N) is 1. The van der Waals surface area contributed by atoms with Gasteiger partial charge in [-0.3, -0.25) is 14.5 Å². The van der Waals surface area contributed by atoms with Gasteiger partial charge in [0.25, 0.3) is 0 Å². The molecule has 0 aromatic heterocycles. The van der Waals surface area contributed by atoms with Crippen molar-refractivity contribution < 1.29 is 14.0 Å². The molecule has 90 valence electrons. The molecule has 1 heterocycles. The number of halogens is 2. The van der Waals surface area contributed by atoms with Crippen LogP contribution >= 0.6 is 15.9 Å². The van der Waals surface area contributed by atoms with Gasteiger partial charge in [-0.2, -0.15) is 0 Å². The third-order valence-electron chi connectivity index (χ3n) is 2.52. The molecule has 0 spiro atoms. The third-order valence-corrected chi connectivity index (χ3v) is 3.16. The topological polar surface area (TPSA) is 49.4 Å². The van der Waals surface area contributed by atoms with Crippen molar-refractivity contribution >= 4 is 33.4 Å². The lowest BCUT2D eigenvalue weighted by Gasteiger charge is -2.31. The Labute approximate surface area is 106 Å². The molecule has 4 nitrogen and oxygen atoms in total. The predicted molar refractivity (Wildman–Crippen MR) is 64.1 cm³/mol. The van der Waals surface area contributed by atoms with Gasteiger partial charge in [0.1, 0.15) is 18.4 Å². The molecule has 1 aromatic rings. The van der Waals surface area contributed by atoms with Crippen molar-refractivity contribution in [2.75, 3.05) is 11.4 Å². The van der Waals surface area contributed by atoms with E-state index in [-0.39, 0.29) is 24.0 Å². The highest BCUT2D eigenvalue weighted by atomic mass is 79.9. The van der Waals surface area contributed by atoms with Gasteiger partial charge in [0.2, 0.25) is 11.8 Å². The Hall–Kier alpha value is -1.43. The molecule has 1 unspecified atom stereocenters. The van der Waals surface area contributed by atoms with E-state index in [2.05, 4.69) is 21.2 Å². The zero-order valence-electron chi connectivity index (χ0n) is 9.04. The van der Waals surface area contributed by atoms with Gasteiger partial charge >= 0.3 is 0 Å². The standard InChI is InChI=1S/C11H10BrFN2O2/c1-6-11(17)15(5-9(16)14-6)10-7(12)3-2-4-8(10)13/h2-4,6H,5H2,1H3,(H,14,16). The van der Waals surface area contributed by atoms with E-state index < -0.39 is 11.9 Å². The minimum absolute atomic E-state index is 0.110. The fraction of sp³-hybridized carbons (Fsp3) is 0.273. The van der Waals surface area contributed by atoms with Gasteiger partial charge in [-0.25, -0.2) is 4.39 Å². The van der Waals surface area contributed by atoms with Crippen molar-refractivity contribution in [2.24, 2.45) is 0 Å². The van der Waals surface area contributed by atoms with Crippen LogP contribution in [0.5, 0.6) is 0 Å². The Balaban J connectivity index is 2.45. The monoisotopic (exact) mass is 300 g/mol. The van der Waals surface area contributed by atoms with Gasteiger partial charge < -0.3 is 5.32 Å². The molecule has 1 aromatic carbocycles. The van der Waals surface area contributed by atoms with E-state index in [4.69, 9.17) is 0 Å². The van der Waals surface area contributed by atoms with E-state index in [0.717, 1.165) is 4.90 Å². The minimum atomic E-state index is -0.636. The number of hydrogen-bond donors (Lipinski definition) is 1. The van der Waals surface area contributed by atoms with E-state index in [1.807, 2.05) is 0 Å². The first-order chi connectivity index (χ1) is 8.00. The Kier molecular flexibility index (Phi) is 3.15. The number of nitrogens with zero attached hydrogens (tertiary/aromatic N) is 1. The highest BCUT2D eigenvalue weighted by Crippen LogP contribution is 2.30. The number of piperazine rings is 1. The number of carbonyl (C=O) groups excluding carboxylic acids is 2. The van der Waals surface area contributed by atoms with E-state index in [0.29, 0.717) is 4.47 Å². The molecule has 0 saturated carbocycles. The molecule has 1 aliphatic heterocycles. The summed E-state index contributed by atoms with van der Waals surface area (Å²) >= 11 is 3.18. The second kappa shape index (κ2) is 4.44. The van der Waals surface area contributed by atoms with Crippen LogP contribution in [0.4, 0.5) is 10.1 Å². The molecule has 1 aliphatic rings. The van der Waals surface area contributed by atoms with Crippen LogP contribution in [0.3, 0.4) is 0 Å². The average molecular weight is 301 g/mol. The van der Waals surface area contributed by atoms with Crippen LogP contribution in [0.15, 0.2) is 22.7 Å². The zero-order chi connectivity index (χ0) is 12.6. The smallest absolute Gasteiger partial charge is 0.249 e. The van der Waals surface area contributed by atoms with Crippen LogP contribution < -0.4 is 10.2 Å². The van der Waals surface area contributed by atoms with Gasteiger partial charge in [-0.15, -0.1) is 0 Å². The Morgan fingerprint density at radius 1 is 1.47 bits per heavy atom. The van der Waals surface area contributed by atoms with E-state index in [1.165, 1.54) is 12.1 Å². The summed E-state index contributed by atoms with van der Waals surface area (Å²) in [5.41, 5.74) is 0.110. The predicted octanol–water partition coefficient (Wildman–Crippen LogP) is 1.44. The molecule has 0 aliphatic carbocycles. The van der Waals surface area contributed by atoms with Crippen LogP contribution in [0.25, 0.3) is 0 Å². The van der Waals surface area contributed by atoms with E-state index in [9.17, 15) is 14.0 Å². The number of carbonyl (C=O) groups is 2. The quantitative estimate of drug-likeness (QED) is 0.853. The zero-order valence-corrected chi connectivity index (χ0v) is 10.6. The summed E-state index contributed by atoms with van der Waals surface area (Å²) in [5.74, 6) is -1.16. The first kappa shape index (κ1) is 12.0. The van der Waals surface area contributed by atoms with Crippen LogP contribution in [-0.2, 0) is 9.59 Å². The number of benzene rings is 1. The maximum atomic E-state index is 13.7. The molecule has 2 amide bonds. The Morgan fingerprint density at radius 3 is 2.82 bits per heavy atom. The fourth-order valence-corrected chi connectivity index (χ4v) is 2.30. The van der Waals surface area contributed by atoms with Crippen molar-refractivity contribution in [1.29, 1.82) is 0 Å². The maximum Gasteiger partial charge on any atom is 0.249 e. The Morgan fingerprint density at radius 2 is 2.18 bits per heavy atom. The number of hydrogen-bond acceptors (Lipinski definition) is 2. The molecule has 17 heavy (non-hydrogen) atoms. The number of para-hydroxylation sites is 1. The third kappa shape index (κ3) is 2.17. The first-order valence-electron chi connectivity index (χ1n) is 5.05. The summed E-state index contributed by atoms with van der Waals surface area (Å²) in [7, 11) is 0. The highest BCUT2D eigenvalue weighted by molar-refractivity contribution is 9.10. The summed E-state index contributed by atoms with van der Waals surface area (Å²) in [6.07, 6.45) is 0. The lowest BCUT2D eigenvalue weighted by atomic mass is 10.2.